The Kier molecular flexibility index (Phi) is 8.17. The molecule has 25 heavy (non-hydrogen) atoms. The van der Waals surface area contributed by atoms with Crippen molar-refractivity contribution in [2.24, 2.45) is 0 Å². The third-order valence-corrected chi connectivity index (χ3v) is 8.05. The molecule has 0 aliphatic carbocycles. The van der Waals surface area contributed by atoms with Crippen molar-refractivity contribution in [3.05, 3.63) is 29.9 Å². The summed E-state index contributed by atoms with van der Waals surface area (Å²) in [5.41, 5.74) is 0. The maximum atomic E-state index is 10.8. The number of hydrogen-bond acceptors (Lipinski definition) is 6. The van der Waals surface area contributed by atoms with Gasteiger partial charge in [-0.25, -0.2) is 9.97 Å². The third kappa shape index (κ3) is 8.73. The molecule has 2 aromatic rings. The van der Waals surface area contributed by atoms with E-state index in [4.69, 9.17) is 11.6 Å². The average molecular weight is 472 g/mol. The molecule has 2 N–H and O–H groups in total. The van der Waals surface area contributed by atoms with E-state index in [1.165, 1.54) is 32.6 Å². The summed E-state index contributed by atoms with van der Waals surface area (Å²) in [6.45, 7) is 2.87. The maximum Gasteiger partial charge on any atom is 0.222 e. The molecule has 2 aromatic heterocycles. The van der Waals surface area contributed by atoms with Crippen LogP contribution in [0.5, 0.6) is 0 Å². The number of halogens is 1. The summed E-state index contributed by atoms with van der Waals surface area (Å²) in [4.78, 5) is 43.8. The second-order valence-electron chi connectivity index (χ2n) is 6.13. The Morgan fingerprint density at radius 3 is 1.80 bits per heavy atom. The monoisotopic (exact) mass is 472 g/mol. The van der Waals surface area contributed by atoms with E-state index >= 15 is 0 Å². The van der Waals surface area contributed by atoms with Gasteiger partial charge in [0.1, 0.15) is 17.3 Å². The van der Waals surface area contributed by atoms with Crippen molar-refractivity contribution in [3.8, 4) is 0 Å². The third-order valence-electron chi connectivity index (χ3n) is 2.68. The van der Waals surface area contributed by atoms with Gasteiger partial charge in [0.05, 0.1) is 0 Å². The van der Waals surface area contributed by atoms with Crippen molar-refractivity contribution in [1.29, 1.82) is 0 Å². The van der Waals surface area contributed by atoms with Gasteiger partial charge in [-0.05, 0) is 0 Å². The van der Waals surface area contributed by atoms with Crippen LogP contribution < -0.4 is 14.3 Å². The Hall–Kier alpha value is -1.81. The van der Waals surface area contributed by atoms with Crippen LogP contribution in [0.15, 0.2) is 24.8 Å². The molecule has 0 aliphatic rings. The van der Waals surface area contributed by atoms with E-state index in [0.29, 0.717) is 16.8 Å². The standard InChI is InChI=1S/C6H6ClN3O.C6H6N3O.3CH3.Sn/c1-4(11)10-6-2-5(7)8-3-9-6;1-5(10)9-6-2-3-7-4-8-6;;;;/h2-3H,1H3,(H,8,9,10,11);2,4H,1H3,(H,7,8,9,10);3*1H3;. The molecular formula is C15H21ClN6O2Sn. The number of carbonyl (C=O) groups is 2. The van der Waals surface area contributed by atoms with E-state index < -0.39 is 18.4 Å². The van der Waals surface area contributed by atoms with Crippen LogP contribution in [-0.4, -0.2) is 50.1 Å². The van der Waals surface area contributed by atoms with Gasteiger partial charge in [-0.1, -0.05) is 11.6 Å². The van der Waals surface area contributed by atoms with Gasteiger partial charge in [-0.3, -0.25) is 4.79 Å². The van der Waals surface area contributed by atoms with Gasteiger partial charge in [-0.15, -0.1) is 0 Å². The van der Waals surface area contributed by atoms with Crippen LogP contribution in [0, 0.1) is 0 Å². The number of hydrogen-bond donors (Lipinski definition) is 2. The van der Waals surface area contributed by atoms with Crippen LogP contribution in [0.2, 0.25) is 20.0 Å². The summed E-state index contributed by atoms with van der Waals surface area (Å²) < 4.78 is 1.12. The fourth-order valence-corrected chi connectivity index (χ4v) is 4.64. The minimum atomic E-state index is -2.13. The minimum absolute atomic E-state index is 0.0984. The van der Waals surface area contributed by atoms with E-state index in [1.54, 1.807) is 0 Å². The molecule has 2 heterocycles. The van der Waals surface area contributed by atoms with Crippen LogP contribution in [0.1, 0.15) is 13.8 Å². The summed E-state index contributed by atoms with van der Waals surface area (Å²) >= 11 is 3.40. The first-order valence-corrected chi connectivity index (χ1v) is 17.8. The SMILES string of the molecule is CC(=O)Nc1c[c]([Sn]([CH3])([CH3])[CH3])ncn1.CC(=O)Nc1cc(Cl)ncn1. The Balaban J connectivity index is 0.000000257. The van der Waals surface area contributed by atoms with Crippen molar-refractivity contribution >= 4 is 57.1 Å². The smallest absolute Gasteiger partial charge is 0.222 e. The molecule has 10 heteroatoms. The van der Waals surface area contributed by atoms with Crippen molar-refractivity contribution in [3.63, 3.8) is 0 Å². The van der Waals surface area contributed by atoms with E-state index in [9.17, 15) is 9.59 Å². The number of rotatable bonds is 3. The summed E-state index contributed by atoms with van der Waals surface area (Å²) in [5.74, 6) is 0.741. The fraction of sp³-hybridized carbons (Fsp3) is 0.333. The first kappa shape index (κ1) is 21.2. The number of amides is 2. The maximum absolute atomic E-state index is 10.8. The van der Waals surface area contributed by atoms with Gasteiger partial charge in [0, 0.05) is 13.0 Å². The van der Waals surface area contributed by atoms with E-state index in [0.717, 1.165) is 3.71 Å². The Morgan fingerprint density at radius 1 is 0.880 bits per heavy atom. The number of nitrogens with one attached hydrogen (secondary N) is 2. The molecule has 0 bridgehead atoms. The molecule has 0 aromatic carbocycles. The number of nitrogens with zero attached hydrogens (tertiary/aromatic N) is 4. The van der Waals surface area contributed by atoms with Crippen molar-refractivity contribution in [2.45, 2.75) is 28.7 Å². The van der Waals surface area contributed by atoms with Crippen molar-refractivity contribution in [2.75, 3.05) is 10.6 Å². The average Bonchev–Trinajstić information content (AvgIpc) is 2.46. The normalized spacial score (nSPS) is 10.3. The minimum Gasteiger partial charge on any atom is -0.311 e. The zero-order valence-corrected chi connectivity index (χ0v) is 18.4. The van der Waals surface area contributed by atoms with Crippen LogP contribution in [0.25, 0.3) is 0 Å². The van der Waals surface area contributed by atoms with Gasteiger partial charge in [0.25, 0.3) is 0 Å². The topological polar surface area (TPSA) is 110 Å². The second-order valence-corrected chi connectivity index (χ2v) is 20.8. The first-order valence-electron chi connectivity index (χ1n) is 7.43. The van der Waals surface area contributed by atoms with Crippen molar-refractivity contribution < 1.29 is 9.59 Å². The largest absolute Gasteiger partial charge is 0.311 e. The fourth-order valence-electron chi connectivity index (χ4n) is 1.60. The molecule has 8 nitrogen and oxygen atoms in total. The summed E-state index contributed by atoms with van der Waals surface area (Å²) in [6.07, 6.45) is 2.80. The Labute approximate surface area is 155 Å². The first-order chi connectivity index (χ1) is 11.6. The summed E-state index contributed by atoms with van der Waals surface area (Å²) in [6, 6.07) is 3.36. The molecule has 0 radical (unpaired) electrons. The quantitative estimate of drug-likeness (QED) is 0.524. The van der Waals surface area contributed by atoms with Gasteiger partial charge >= 0.3 is 88.0 Å². The summed E-state index contributed by atoms with van der Waals surface area (Å²) in [5, 5.41) is 5.44. The van der Waals surface area contributed by atoms with E-state index in [-0.39, 0.29) is 11.8 Å². The van der Waals surface area contributed by atoms with Crippen LogP contribution >= 0.6 is 11.6 Å². The molecule has 0 saturated heterocycles. The van der Waals surface area contributed by atoms with E-state index in [2.05, 4.69) is 45.4 Å². The molecule has 134 valence electrons. The second kappa shape index (κ2) is 9.61. The number of anilines is 2. The molecule has 0 spiro atoms. The van der Waals surface area contributed by atoms with Gasteiger partial charge in [0.15, 0.2) is 0 Å². The Bertz CT molecular complexity index is 751. The molecule has 2 rings (SSSR count). The molecule has 0 aliphatic heterocycles. The molecule has 2 amide bonds. The zero-order chi connectivity index (χ0) is 19.0. The summed E-state index contributed by atoms with van der Waals surface area (Å²) in [7, 11) is 0. The Morgan fingerprint density at radius 2 is 1.36 bits per heavy atom. The van der Waals surface area contributed by atoms with Gasteiger partial charge < -0.3 is 5.32 Å². The predicted octanol–water partition coefficient (Wildman–Crippen LogP) is 2.07. The predicted molar refractivity (Wildman–Crippen MR) is 101 cm³/mol. The van der Waals surface area contributed by atoms with Crippen LogP contribution in [0.3, 0.4) is 0 Å². The van der Waals surface area contributed by atoms with Crippen molar-refractivity contribution in [1.82, 2.24) is 19.9 Å². The molecular weight excluding hydrogens is 450 g/mol. The molecule has 0 saturated carbocycles. The molecule has 0 fully saturated rings. The molecule has 0 atom stereocenters. The van der Waals surface area contributed by atoms with Crippen LogP contribution in [0.4, 0.5) is 11.6 Å². The number of carbonyl (C=O) groups excluding carboxylic acids is 2. The van der Waals surface area contributed by atoms with Gasteiger partial charge in [-0.2, -0.15) is 0 Å². The zero-order valence-electron chi connectivity index (χ0n) is 14.8. The van der Waals surface area contributed by atoms with Gasteiger partial charge in [0.2, 0.25) is 5.91 Å². The van der Waals surface area contributed by atoms with E-state index in [1.807, 2.05) is 6.07 Å². The number of aromatic nitrogens is 4. The molecule has 0 unspecified atom stereocenters. The van der Waals surface area contributed by atoms with Crippen LogP contribution in [-0.2, 0) is 9.59 Å².